The van der Waals surface area contributed by atoms with Gasteiger partial charge in [0.25, 0.3) is 5.91 Å². The number of benzene rings is 4. The second kappa shape index (κ2) is 12.7. The van der Waals surface area contributed by atoms with Crippen molar-refractivity contribution in [1.82, 2.24) is 10.2 Å². The van der Waals surface area contributed by atoms with E-state index in [1.807, 2.05) is 48.5 Å². The number of rotatable bonds is 10. The van der Waals surface area contributed by atoms with E-state index in [9.17, 15) is 14.0 Å². The SMILES string of the molecule is O=C(NCc1ccccc1)[C@H](c1ccccc1)N(Cc1ccc(F)cc1)C(=O)COc1ccccc1Cl. The Morgan fingerprint density at radius 3 is 2.11 bits per heavy atom. The molecule has 0 aliphatic carbocycles. The van der Waals surface area contributed by atoms with Gasteiger partial charge in [-0.25, -0.2) is 4.39 Å². The summed E-state index contributed by atoms with van der Waals surface area (Å²) in [5, 5.41) is 3.33. The molecular weight excluding hydrogens is 491 g/mol. The molecule has 0 aromatic heterocycles. The van der Waals surface area contributed by atoms with Crippen LogP contribution >= 0.6 is 11.6 Å². The van der Waals surface area contributed by atoms with Crippen molar-refractivity contribution >= 4 is 23.4 Å². The third-order valence-electron chi connectivity index (χ3n) is 5.76. The van der Waals surface area contributed by atoms with Crippen molar-refractivity contribution in [3.8, 4) is 5.75 Å². The van der Waals surface area contributed by atoms with Crippen LogP contribution in [0.25, 0.3) is 0 Å². The predicted molar refractivity (Wildman–Crippen MR) is 141 cm³/mol. The van der Waals surface area contributed by atoms with Crippen LogP contribution in [-0.2, 0) is 22.7 Å². The summed E-state index contributed by atoms with van der Waals surface area (Å²) in [6.45, 7) is 0.0429. The largest absolute Gasteiger partial charge is 0.482 e. The van der Waals surface area contributed by atoms with E-state index in [4.69, 9.17) is 16.3 Å². The molecule has 0 aliphatic rings. The average molecular weight is 517 g/mol. The Morgan fingerprint density at radius 2 is 1.43 bits per heavy atom. The van der Waals surface area contributed by atoms with Crippen LogP contribution in [0.4, 0.5) is 4.39 Å². The van der Waals surface area contributed by atoms with Crippen molar-refractivity contribution in [2.45, 2.75) is 19.1 Å². The van der Waals surface area contributed by atoms with Crippen LogP contribution in [0.15, 0.2) is 109 Å². The first-order valence-electron chi connectivity index (χ1n) is 11.8. The summed E-state index contributed by atoms with van der Waals surface area (Å²) < 4.78 is 19.3. The van der Waals surface area contributed by atoms with Gasteiger partial charge in [0.05, 0.1) is 5.02 Å². The van der Waals surface area contributed by atoms with E-state index in [1.165, 1.54) is 17.0 Å². The summed E-state index contributed by atoms with van der Waals surface area (Å²) in [6, 6.07) is 30.3. The van der Waals surface area contributed by atoms with Crippen molar-refractivity contribution < 1.29 is 18.7 Å². The predicted octanol–water partition coefficient (Wildman–Crippen LogP) is 5.94. The Morgan fingerprint density at radius 1 is 0.811 bits per heavy atom. The highest BCUT2D eigenvalue weighted by Gasteiger charge is 2.32. The molecule has 1 atom stereocenters. The van der Waals surface area contributed by atoms with E-state index in [0.717, 1.165) is 5.56 Å². The zero-order chi connectivity index (χ0) is 26.0. The van der Waals surface area contributed by atoms with E-state index in [-0.39, 0.29) is 24.9 Å². The summed E-state index contributed by atoms with van der Waals surface area (Å²) in [5.41, 5.74) is 2.24. The maximum absolute atomic E-state index is 13.6. The Hall–Kier alpha value is -4.16. The lowest BCUT2D eigenvalue weighted by molar-refractivity contribution is -0.143. The molecule has 4 aromatic carbocycles. The molecule has 2 amide bonds. The van der Waals surface area contributed by atoms with Crippen LogP contribution in [0.2, 0.25) is 5.02 Å². The molecular formula is C30H26ClFN2O3. The number of halogens is 2. The van der Waals surface area contributed by atoms with Crippen LogP contribution in [-0.4, -0.2) is 23.3 Å². The van der Waals surface area contributed by atoms with Gasteiger partial charge in [-0.1, -0.05) is 96.5 Å². The zero-order valence-corrected chi connectivity index (χ0v) is 20.8. The number of carbonyl (C=O) groups is 2. The Labute approximate surface area is 220 Å². The first-order valence-corrected chi connectivity index (χ1v) is 12.2. The minimum atomic E-state index is -0.947. The molecule has 1 N–H and O–H groups in total. The molecule has 37 heavy (non-hydrogen) atoms. The van der Waals surface area contributed by atoms with Gasteiger partial charge in [0.1, 0.15) is 17.6 Å². The zero-order valence-electron chi connectivity index (χ0n) is 20.0. The maximum atomic E-state index is 13.6. The molecule has 4 aromatic rings. The summed E-state index contributed by atoms with van der Waals surface area (Å²) >= 11 is 6.19. The number of hydrogen-bond donors (Lipinski definition) is 1. The second-order valence-corrected chi connectivity index (χ2v) is 8.79. The number of amides is 2. The van der Waals surface area contributed by atoms with Gasteiger partial charge in [0.2, 0.25) is 5.91 Å². The standard InChI is InChI=1S/C30H26ClFN2O3/c31-26-13-7-8-14-27(26)37-21-28(35)34(20-23-15-17-25(32)18-16-23)29(24-11-5-2-6-12-24)30(36)33-19-22-9-3-1-4-10-22/h1-18,29H,19-21H2,(H,33,36)/t29-/m0/s1. The van der Waals surface area contributed by atoms with Crippen molar-refractivity contribution in [3.63, 3.8) is 0 Å². The molecule has 0 fully saturated rings. The molecule has 0 unspecified atom stereocenters. The van der Waals surface area contributed by atoms with E-state index in [2.05, 4.69) is 5.32 Å². The van der Waals surface area contributed by atoms with Crippen molar-refractivity contribution in [1.29, 1.82) is 0 Å². The van der Waals surface area contributed by atoms with Gasteiger partial charge < -0.3 is 15.0 Å². The van der Waals surface area contributed by atoms with Crippen LogP contribution < -0.4 is 10.1 Å². The van der Waals surface area contributed by atoms with Gasteiger partial charge in [0, 0.05) is 13.1 Å². The Kier molecular flexibility index (Phi) is 8.89. The van der Waals surface area contributed by atoms with Crippen LogP contribution in [0.5, 0.6) is 5.75 Å². The molecule has 4 rings (SSSR count). The summed E-state index contributed by atoms with van der Waals surface area (Å²) in [6.07, 6.45) is 0. The fraction of sp³-hybridized carbons (Fsp3) is 0.133. The topological polar surface area (TPSA) is 58.6 Å². The highest BCUT2D eigenvalue weighted by molar-refractivity contribution is 6.32. The normalized spacial score (nSPS) is 11.4. The molecule has 0 spiro atoms. The first-order chi connectivity index (χ1) is 18.0. The third kappa shape index (κ3) is 7.18. The van der Waals surface area contributed by atoms with Crippen molar-refractivity contribution in [2.75, 3.05) is 6.61 Å². The van der Waals surface area contributed by atoms with Crippen molar-refractivity contribution in [2.24, 2.45) is 0 Å². The van der Waals surface area contributed by atoms with Gasteiger partial charge >= 0.3 is 0 Å². The van der Waals surface area contributed by atoms with Gasteiger partial charge in [-0.15, -0.1) is 0 Å². The highest BCUT2D eigenvalue weighted by atomic mass is 35.5. The third-order valence-corrected chi connectivity index (χ3v) is 6.07. The lowest BCUT2D eigenvalue weighted by Gasteiger charge is -2.31. The quantitative estimate of drug-likeness (QED) is 0.283. The van der Waals surface area contributed by atoms with E-state index in [1.54, 1.807) is 48.5 Å². The van der Waals surface area contributed by atoms with Crippen LogP contribution in [0, 0.1) is 5.82 Å². The first kappa shape index (κ1) is 25.9. The number of carbonyl (C=O) groups excluding carboxylic acids is 2. The number of nitrogens with zero attached hydrogens (tertiary/aromatic N) is 1. The van der Waals surface area contributed by atoms with Crippen molar-refractivity contribution in [3.05, 3.63) is 137 Å². The minimum Gasteiger partial charge on any atom is -0.482 e. The maximum Gasteiger partial charge on any atom is 0.261 e. The van der Waals surface area contributed by atoms with Crippen LogP contribution in [0.1, 0.15) is 22.7 Å². The number of ether oxygens (including phenoxy) is 1. The minimum absolute atomic E-state index is 0.0727. The smallest absolute Gasteiger partial charge is 0.261 e. The van der Waals surface area contributed by atoms with E-state index < -0.39 is 11.9 Å². The summed E-state index contributed by atoms with van der Waals surface area (Å²) in [7, 11) is 0. The highest BCUT2D eigenvalue weighted by Crippen LogP contribution is 2.26. The monoisotopic (exact) mass is 516 g/mol. The van der Waals surface area contributed by atoms with Gasteiger partial charge in [-0.3, -0.25) is 9.59 Å². The molecule has 188 valence electrons. The Bertz CT molecular complexity index is 1320. The molecule has 0 aliphatic heterocycles. The van der Waals surface area contributed by atoms with Gasteiger partial charge in [-0.05, 0) is 41.0 Å². The summed E-state index contributed by atoms with van der Waals surface area (Å²) in [4.78, 5) is 28.6. The average Bonchev–Trinajstić information content (AvgIpc) is 2.93. The lowest BCUT2D eigenvalue weighted by atomic mass is 10.0. The van der Waals surface area contributed by atoms with Gasteiger partial charge in [0.15, 0.2) is 6.61 Å². The van der Waals surface area contributed by atoms with E-state index in [0.29, 0.717) is 28.4 Å². The Balaban J connectivity index is 1.63. The molecule has 0 radical (unpaired) electrons. The second-order valence-electron chi connectivity index (χ2n) is 8.38. The lowest BCUT2D eigenvalue weighted by Crippen LogP contribution is -2.45. The fourth-order valence-electron chi connectivity index (χ4n) is 3.88. The summed E-state index contributed by atoms with van der Waals surface area (Å²) in [5.74, 6) is -0.788. The number of nitrogens with one attached hydrogen (secondary N) is 1. The van der Waals surface area contributed by atoms with Gasteiger partial charge in [-0.2, -0.15) is 0 Å². The molecule has 7 heteroatoms. The molecule has 0 saturated heterocycles. The molecule has 5 nitrogen and oxygen atoms in total. The number of hydrogen-bond acceptors (Lipinski definition) is 3. The molecule has 0 bridgehead atoms. The number of para-hydroxylation sites is 1. The molecule has 0 heterocycles. The molecule has 0 saturated carbocycles. The van der Waals surface area contributed by atoms with Crippen LogP contribution in [0.3, 0.4) is 0 Å². The van der Waals surface area contributed by atoms with E-state index >= 15 is 0 Å². The fourth-order valence-corrected chi connectivity index (χ4v) is 4.07.